The zero-order valence-corrected chi connectivity index (χ0v) is 31.5. The third kappa shape index (κ3) is 8.35. The first-order valence-electron chi connectivity index (χ1n) is 17.0. The Kier molecular flexibility index (Phi) is 11.0. The van der Waals surface area contributed by atoms with E-state index in [-0.39, 0.29) is 15.8 Å². The fourth-order valence-electron chi connectivity index (χ4n) is 5.63. The molecule has 0 aliphatic carbocycles. The third-order valence-corrected chi connectivity index (χ3v) is 15.7. The summed E-state index contributed by atoms with van der Waals surface area (Å²) < 4.78 is 30.3. The van der Waals surface area contributed by atoms with Crippen molar-refractivity contribution in [1.82, 2.24) is 24.5 Å². The highest BCUT2D eigenvalue weighted by Gasteiger charge is 2.37. The third-order valence-electron chi connectivity index (χ3n) is 9.58. The number of benzene rings is 1. The number of fused-ring (bicyclic) bond motifs is 1. The Hall–Kier alpha value is -2.60. The molecule has 8 nitrogen and oxygen atoms in total. The van der Waals surface area contributed by atoms with Crippen LogP contribution in [-0.2, 0) is 27.1 Å². The molecule has 0 saturated carbocycles. The number of hydrogen-bond acceptors (Lipinski definition) is 7. The summed E-state index contributed by atoms with van der Waals surface area (Å²) in [5.41, 5.74) is 6.00. The fraction of sp³-hybridized carbons (Fsp3) is 0.541. The first-order valence-corrected chi connectivity index (χ1v) is 21.1. The highest BCUT2D eigenvalue weighted by molar-refractivity contribution is 7.90. The molecule has 1 fully saturated rings. The second kappa shape index (κ2) is 14.5. The Balaban J connectivity index is 1.56. The molecule has 4 heterocycles. The van der Waals surface area contributed by atoms with Crippen LogP contribution in [0.3, 0.4) is 0 Å². The molecule has 1 aliphatic heterocycles. The van der Waals surface area contributed by atoms with Gasteiger partial charge < -0.3 is 13.7 Å². The molecule has 4 aromatic rings. The van der Waals surface area contributed by atoms with Crippen LogP contribution in [0.15, 0.2) is 54.7 Å². The molecule has 47 heavy (non-hydrogen) atoms. The lowest BCUT2D eigenvalue weighted by molar-refractivity contribution is 0.0856. The highest BCUT2D eigenvalue weighted by atomic mass is 32.2. The van der Waals surface area contributed by atoms with Gasteiger partial charge in [-0.1, -0.05) is 46.2 Å². The molecule has 3 aromatic heterocycles. The maximum Gasteiger partial charge on any atom is 0.192 e. The van der Waals surface area contributed by atoms with Crippen LogP contribution in [0.1, 0.15) is 103 Å². The maximum atomic E-state index is 13.1. The standard InChI is InChI=1S/C37H53N5O3SSi/c1-10-13-33(41-46(43)36(2,3)4)32-16-12-15-31(40-32)27-22-29(26-18-20-44-21-19-26)30-24-38-42(34(30)23-27)35-17-11-14-28(39-35)25-45-47(8,9)37(5,6)7/h11-12,14-17,22-24,26,33,41H,10,13,18-21,25H2,1-9H3/t33-,46+/m0/s1. The van der Waals surface area contributed by atoms with E-state index < -0.39 is 19.7 Å². The zero-order chi connectivity index (χ0) is 34.0. The Bertz CT molecular complexity index is 1660. The largest absolute Gasteiger partial charge is 0.598 e. The molecule has 1 saturated heterocycles. The molecule has 0 spiro atoms. The molecule has 254 valence electrons. The minimum Gasteiger partial charge on any atom is -0.598 e. The Labute approximate surface area is 285 Å². The topological polar surface area (TPSA) is 97.1 Å². The van der Waals surface area contributed by atoms with Crippen LogP contribution in [-0.4, -0.2) is 50.6 Å². The van der Waals surface area contributed by atoms with E-state index in [1.54, 1.807) is 0 Å². The predicted molar refractivity (Wildman–Crippen MR) is 196 cm³/mol. The molecule has 0 bridgehead atoms. The van der Waals surface area contributed by atoms with Crippen molar-refractivity contribution in [1.29, 1.82) is 0 Å². The van der Waals surface area contributed by atoms with Crippen molar-refractivity contribution in [2.45, 2.75) is 116 Å². The van der Waals surface area contributed by atoms with Crippen LogP contribution in [0.5, 0.6) is 0 Å². The highest BCUT2D eigenvalue weighted by Crippen LogP contribution is 2.38. The van der Waals surface area contributed by atoms with Gasteiger partial charge in [-0.3, -0.25) is 4.98 Å². The molecule has 0 radical (unpaired) electrons. The first kappa shape index (κ1) is 35.7. The maximum absolute atomic E-state index is 13.1. The minimum absolute atomic E-state index is 0.107. The Morgan fingerprint density at radius 3 is 2.45 bits per heavy atom. The van der Waals surface area contributed by atoms with Gasteiger partial charge in [0.25, 0.3) is 0 Å². The lowest BCUT2D eigenvalue weighted by Crippen LogP contribution is -2.41. The number of hydrogen-bond donors (Lipinski definition) is 1. The second-order valence-electron chi connectivity index (χ2n) is 15.3. The molecular weight excluding hydrogens is 623 g/mol. The average Bonchev–Trinajstić information content (AvgIpc) is 3.47. The number of ether oxygens (including phenoxy) is 1. The van der Waals surface area contributed by atoms with Crippen LogP contribution in [0, 0.1) is 0 Å². The molecular formula is C37H53N5O3SSi. The smallest absolute Gasteiger partial charge is 0.192 e. The summed E-state index contributed by atoms with van der Waals surface area (Å²) in [6.07, 6.45) is 5.72. The second-order valence-corrected chi connectivity index (χ2v) is 22.1. The van der Waals surface area contributed by atoms with Crippen LogP contribution in [0.25, 0.3) is 28.0 Å². The normalized spacial score (nSPS) is 16.5. The van der Waals surface area contributed by atoms with Gasteiger partial charge >= 0.3 is 0 Å². The number of nitrogens with one attached hydrogen (secondary N) is 1. The van der Waals surface area contributed by atoms with E-state index >= 15 is 0 Å². The monoisotopic (exact) mass is 675 g/mol. The van der Waals surface area contributed by atoms with Gasteiger partial charge in [-0.2, -0.15) is 5.10 Å². The lowest BCUT2D eigenvalue weighted by Gasteiger charge is -2.36. The van der Waals surface area contributed by atoms with E-state index in [0.717, 1.165) is 78.3 Å². The number of pyridine rings is 2. The summed E-state index contributed by atoms with van der Waals surface area (Å²) >= 11 is -1.21. The van der Waals surface area contributed by atoms with Gasteiger partial charge in [-0.15, -0.1) is 4.72 Å². The predicted octanol–water partition coefficient (Wildman–Crippen LogP) is 8.79. The lowest BCUT2D eigenvalue weighted by atomic mass is 9.88. The SMILES string of the molecule is CCC[C@H](N[S@+]([O-])C(C)(C)C)c1cccc(-c2cc(C3CCOCC3)c3cnn(-c4cccc(CO[Si](C)(C)C(C)(C)C)n4)c3c2)n1. The van der Waals surface area contributed by atoms with E-state index in [2.05, 4.69) is 69.8 Å². The number of nitrogens with zero attached hydrogens (tertiary/aromatic N) is 4. The van der Waals surface area contributed by atoms with Crippen molar-refractivity contribution in [2.24, 2.45) is 0 Å². The average molecular weight is 676 g/mol. The zero-order valence-electron chi connectivity index (χ0n) is 29.7. The van der Waals surface area contributed by atoms with Crippen LogP contribution in [0.4, 0.5) is 0 Å². The summed E-state index contributed by atoms with van der Waals surface area (Å²) in [6.45, 7) is 21.4. The van der Waals surface area contributed by atoms with Crippen LogP contribution < -0.4 is 4.72 Å². The molecule has 2 atom stereocenters. The first-order chi connectivity index (χ1) is 22.2. The van der Waals surface area contributed by atoms with Crippen molar-refractivity contribution in [3.05, 3.63) is 71.7 Å². The van der Waals surface area contributed by atoms with Crippen molar-refractivity contribution < 1.29 is 13.7 Å². The van der Waals surface area contributed by atoms with Gasteiger partial charge in [0.1, 0.15) is 4.75 Å². The molecule has 0 unspecified atom stereocenters. The Morgan fingerprint density at radius 1 is 1.04 bits per heavy atom. The summed E-state index contributed by atoms with van der Waals surface area (Å²) in [5, 5.41) is 6.16. The summed E-state index contributed by atoms with van der Waals surface area (Å²) in [7, 11) is -1.92. The van der Waals surface area contributed by atoms with Gasteiger partial charge in [-0.05, 0) is 106 Å². The fourth-order valence-corrected chi connectivity index (χ4v) is 7.43. The summed E-state index contributed by atoms with van der Waals surface area (Å²) in [6, 6.07) is 16.6. The van der Waals surface area contributed by atoms with E-state index in [1.165, 1.54) is 5.56 Å². The van der Waals surface area contributed by atoms with Gasteiger partial charge in [0.2, 0.25) is 0 Å². The minimum atomic E-state index is -1.92. The van der Waals surface area contributed by atoms with E-state index in [0.29, 0.717) is 12.5 Å². The molecule has 1 aliphatic rings. The van der Waals surface area contributed by atoms with Gasteiger partial charge in [0, 0.05) is 35.5 Å². The van der Waals surface area contributed by atoms with E-state index in [9.17, 15) is 4.55 Å². The summed E-state index contributed by atoms with van der Waals surface area (Å²) in [5.74, 6) is 1.14. The van der Waals surface area contributed by atoms with Gasteiger partial charge in [0.15, 0.2) is 14.1 Å². The van der Waals surface area contributed by atoms with Crippen molar-refractivity contribution in [3.63, 3.8) is 0 Å². The molecule has 5 rings (SSSR count). The molecule has 1 aromatic carbocycles. The van der Waals surface area contributed by atoms with Crippen molar-refractivity contribution in [2.75, 3.05) is 13.2 Å². The van der Waals surface area contributed by atoms with E-state index in [4.69, 9.17) is 24.2 Å². The molecule has 1 N–H and O–H groups in total. The van der Waals surface area contributed by atoms with E-state index in [1.807, 2.05) is 55.9 Å². The van der Waals surface area contributed by atoms with Gasteiger partial charge in [-0.25, -0.2) is 9.67 Å². The number of aromatic nitrogens is 4. The molecule has 0 amide bonds. The van der Waals surface area contributed by atoms with Gasteiger partial charge in [0.05, 0.1) is 41.4 Å². The summed E-state index contributed by atoms with van der Waals surface area (Å²) in [4.78, 5) is 10.2. The van der Waals surface area contributed by atoms with Crippen molar-refractivity contribution in [3.8, 4) is 17.1 Å². The molecule has 10 heteroatoms. The van der Waals surface area contributed by atoms with Crippen LogP contribution >= 0.6 is 0 Å². The Morgan fingerprint density at radius 2 is 1.77 bits per heavy atom. The van der Waals surface area contributed by atoms with Crippen molar-refractivity contribution >= 4 is 30.6 Å². The quantitative estimate of drug-likeness (QED) is 0.125. The van der Waals surface area contributed by atoms with Crippen LogP contribution in [0.2, 0.25) is 18.1 Å². The number of rotatable bonds is 11.